The highest BCUT2D eigenvalue weighted by molar-refractivity contribution is 5.94. The van der Waals surface area contributed by atoms with E-state index < -0.39 is 0 Å². The van der Waals surface area contributed by atoms with Gasteiger partial charge in [-0.15, -0.1) is 0 Å². The first-order valence-electron chi connectivity index (χ1n) is 13.1. The molecule has 2 aliphatic heterocycles. The van der Waals surface area contributed by atoms with Crippen LogP contribution in [0.25, 0.3) is 0 Å². The van der Waals surface area contributed by atoms with Gasteiger partial charge in [-0.05, 0) is 67.3 Å². The number of benzene rings is 2. The van der Waals surface area contributed by atoms with Gasteiger partial charge in [0.05, 0.1) is 6.61 Å². The first-order valence-corrected chi connectivity index (χ1v) is 13.1. The molecule has 2 heterocycles. The maximum atomic E-state index is 13.2. The molecule has 2 fully saturated rings. The Kier molecular flexibility index (Phi) is 7.83. The molecule has 0 aliphatic carbocycles. The van der Waals surface area contributed by atoms with Crippen LogP contribution >= 0.6 is 0 Å². The highest BCUT2D eigenvalue weighted by Gasteiger charge is 2.40. The predicted molar refractivity (Wildman–Crippen MR) is 140 cm³/mol. The van der Waals surface area contributed by atoms with Crippen LogP contribution in [0, 0.1) is 5.41 Å². The number of hydrogen-bond donors (Lipinski definition) is 0. The lowest BCUT2D eigenvalue weighted by Gasteiger charge is -2.42. The van der Waals surface area contributed by atoms with Crippen LogP contribution in [0.2, 0.25) is 0 Å². The third-order valence-electron chi connectivity index (χ3n) is 7.63. The van der Waals surface area contributed by atoms with Gasteiger partial charge in [0.1, 0.15) is 5.75 Å². The average Bonchev–Trinajstić information content (AvgIpc) is 2.88. The molecule has 0 unspecified atom stereocenters. The van der Waals surface area contributed by atoms with Crippen molar-refractivity contribution in [2.45, 2.75) is 64.7 Å². The van der Waals surface area contributed by atoms with Crippen LogP contribution in [-0.2, 0) is 10.2 Å². The van der Waals surface area contributed by atoms with Crippen LogP contribution < -0.4 is 4.74 Å². The second-order valence-electron chi connectivity index (χ2n) is 11.3. The Morgan fingerprint density at radius 1 is 0.829 bits per heavy atom. The number of nitrogens with zero attached hydrogens (tertiary/aromatic N) is 2. The Hall–Kier alpha value is -2.82. The van der Waals surface area contributed by atoms with E-state index in [9.17, 15) is 9.59 Å². The number of likely N-dealkylation sites (tertiary alicyclic amines) is 2. The largest absolute Gasteiger partial charge is 0.493 e. The van der Waals surface area contributed by atoms with Crippen molar-refractivity contribution < 1.29 is 14.3 Å². The van der Waals surface area contributed by atoms with Crippen molar-refractivity contribution in [1.29, 1.82) is 0 Å². The molecule has 2 saturated heterocycles. The van der Waals surface area contributed by atoms with E-state index in [-0.39, 0.29) is 22.6 Å². The summed E-state index contributed by atoms with van der Waals surface area (Å²) < 4.78 is 6.19. The summed E-state index contributed by atoms with van der Waals surface area (Å²) in [5.41, 5.74) is 1.76. The van der Waals surface area contributed by atoms with Gasteiger partial charge in [-0.3, -0.25) is 9.59 Å². The van der Waals surface area contributed by atoms with Crippen LogP contribution in [0.4, 0.5) is 0 Å². The number of piperidine rings is 2. The quantitative estimate of drug-likeness (QED) is 0.538. The molecule has 5 nitrogen and oxygen atoms in total. The van der Waals surface area contributed by atoms with E-state index in [2.05, 4.69) is 32.9 Å². The minimum absolute atomic E-state index is 0.0615. The molecule has 2 amide bonds. The summed E-state index contributed by atoms with van der Waals surface area (Å²) in [5, 5.41) is 0. The fraction of sp³-hybridized carbons (Fsp3) is 0.533. The number of hydrogen-bond acceptors (Lipinski definition) is 3. The summed E-state index contributed by atoms with van der Waals surface area (Å²) in [6.45, 7) is 10.0. The van der Waals surface area contributed by atoms with E-state index in [4.69, 9.17) is 4.74 Å². The van der Waals surface area contributed by atoms with Crippen LogP contribution in [0.15, 0.2) is 54.6 Å². The van der Waals surface area contributed by atoms with Crippen molar-refractivity contribution in [1.82, 2.24) is 9.80 Å². The third-order valence-corrected chi connectivity index (χ3v) is 7.63. The molecule has 2 aliphatic rings. The number of carbonyl (C=O) groups excluding carboxylic acids is 2. The van der Waals surface area contributed by atoms with Gasteiger partial charge in [0, 0.05) is 43.6 Å². The Morgan fingerprint density at radius 2 is 1.46 bits per heavy atom. The fourth-order valence-electron chi connectivity index (χ4n) is 5.18. The second kappa shape index (κ2) is 10.8. The van der Waals surface area contributed by atoms with Crippen molar-refractivity contribution in [3.05, 3.63) is 65.7 Å². The van der Waals surface area contributed by atoms with Gasteiger partial charge in [0.15, 0.2) is 0 Å². The highest BCUT2D eigenvalue weighted by atomic mass is 16.5. The summed E-state index contributed by atoms with van der Waals surface area (Å²) in [4.78, 5) is 30.4. The SMILES string of the molecule is CC(C)(C)c1ccc(C(=O)N2CCC(COc3ccccc3)(CC(=O)N3CCCCC3)CC2)cc1. The molecule has 4 rings (SSSR count). The zero-order valence-electron chi connectivity index (χ0n) is 21.6. The van der Waals surface area contributed by atoms with Crippen molar-refractivity contribution in [2.75, 3.05) is 32.8 Å². The maximum Gasteiger partial charge on any atom is 0.253 e. The first kappa shape index (κ1) is 25.3. The predicted octanol–water partition coefficient (Wildman–Crippen LogP) is 5.69. The molecular weight excluding hydrogens is 436 g/mol. The molecule has 35 heavy (non-hydrogen) atoms. The molecule has 2 aromatic rings. The number of ether oxygens (including phenoxy) is 1. The summed E-state index contributed by atoms with van der Waals surface area (Å²) in [6, 6.07) is 17.8. The molecule has 0 radical (unpaired) electrons. The van der Waals surface area contributed by atoms with Gasteiger partial charge >= 0.3 is 0 Å². The zero-order chi connectivity index (χ0) is 24.9. The molecule has 0 saturated carbocycles. The summed E-state index contributed by atoms with van der Waals surface area (Å²) >= 11 is 0. The second-order valence-corrected chi connectivity index (χ2v) is 11.3. The Bertz CT molecular complexity index is 981. The lowest BCUT2D eigenvalue weighted by Crippen LogP contribution is -2.48. The third kappa shape index (κ3) is 6.45. The van der Waals surface area contributed by atoms with Gasteiger partial charge < -0.3 is 14.5 Å². The minimum atomic E-state index is -0.253. The van der Waals surface area contributed by atoms with Crippen molar-refractivity contribution >= 4 is 11.8 Å². The summed E-state index contributed by atoms with van der Waals surface area (Å²) in [5.74, 6) is 1.14. The lowest BCUT2D eigenvalue weighted by molar-refractivity contribution is -0.136. The molecule has 0 aromatic heterocycles. The van der Waals surface area contributed by atoms with Gasteiger partial charge in [-0.1, -0.05) is 51.1 Å². The summed E-state index contributed by atoms with van der Waals surface area (Å²) in [6.07, 6.45) is 5.42. The molecule has 2 aromatic carbocycles. The number of amides is 2. The average molecular weight is 477 g/mol. The lowest BCUT2D eigenvalue weighted by atomic mass is 9.75. The molecule has 188 valence electrons. The van der Waals surface area contributed by atoms with Crippen molar-refractivity contribution in [3.8, 4) is 5.75 Å². The zero-order valence-corrected chi connectivity index (χ0v) is 21.6. The Labute approximate surface area is 210 Å². The molecule has 0 bridgehead atoms. The fourth-order valence-corrected chi connectivity index (χ4v) is 5.18. The van der Waals surface area contributed by atoms with Crippen LogP contribution in [0.5, 0.6) is 5.75 Å². The van der Waals surface area contributed by atoms with E-state index >= 15 is 0 Å². The van der Waals surface area contributed by atoms with Gasteiger partial charge in [0.25, 0.3) is 5.91 Å². The molecule has 0 N–H and O–H groups in total. The van der Waals surface area contributed by atoms with Crippen LogP contribution in [0.1, 0.15) is 75.2 Å². The van der Waals surface area contributed by atoms with E-state index in [1.54, 1.807) is 0 Å². The minimum Gasteiger partial charge on any atom is -0.493 e. The molecular formula is C30H40N2O3. The Morgan fingerprint density at radius 3 is 2.06 bits per heavy atom. The van der Waals surface area contributed by atoms with E-state index in [0.717, 1.165) is 50.1 Å². The number of carbonyl (C=O) groups is 2. The van der Waals surface area contributed by atoms with Crippen molar-refractivity contribution in [3.63, 3.8) is 0 Å². The van der Waals surface area contributed by atoms with Crippen molar-refractivity contribution in [2.24, 2.45) is 5.41 Å². The van der Waals surface area contributed by atoms with Crippen LogP contribution in [-0.4, -0.2) is 54.4 Å². The van der Waals surface area contributed by atoms with Gasteiger partial charge in [-0.25, -0.2) is 0 Å². The first-order chi connectivity index (χ1) is 16.8. The standard InChI is InChI=1S/C30H40N2O3/c1-29(2,3)25-14-12-24(13-15-25)28(34)32-20-16-30(17-21-32,23-35-26-10-6-4-7-11-26)22-27(33)31-18-8-5-9-19-31/h4,6-7,10-15H,5,8-9,16-23H2,1-3H3. The topological polar surface area (TPSA) is 49.9 Å². The summed E-state index contributed by atoms with van der Waals surface area (Å²) in [7, 11) is 0. The van der Waals surface area contributed by atoms with E-state index in [0.29, 0.717) is 26.1 Å². The van der Waals surface area contributed by atoms with E-state index in [1.807, 2.05) is 52.3 Å². The smallest absolute Gasteiger partial charge is 0.253 e. The molecule has 0 atom stereocenters. The molecule has 0 spiro atoms. The van der Waals surface area contributed by atoms with Gasteiger partial charge in [0.2, 0.25) is 5.91 Å². The maximum absolute atomic E-state index is 13.2. The highest BCUT2D eigenvalue weighted by Crippen LogP contribution is 2.37. The van der Waals surface area contributed by atoms with Crippen LogP contribution in [0.3, 0.4) is 0 Å². The van der Waals surface area contributed by atoms with Gasteiger partial charge in [-0.2, -0.15) is 0 Å². The monoisotopic (exact) mass is 476 g/mol. The van der Waals surface area contributed by atoms with E-state index in [1.165, 1.54) is 12.0 Å². The number of para-hydroxylation sites is 1. The molecule has 5 heteroatoms. The number of rotatable bonds is 6. The normalized spacial score (nSPS) is 18.3. The Balaban J connectivity index is 1.43.